The highest BCUT2D eigenvalue weighted by atomic mass is 32.2. The van der Waals surface area contributed by atoms with Crippen molar-refractivity contribution in [2.75, 3.05) is 4.31 Å². The van der Waals surface area contributed by atoms with Crippen LogP contribution in [0.15, 0.2) is 108 Å². The molecule has 4 aromatic rings. The lowest BCUT2D eigenvalue weighted by Crippen LogP contribution is -2.30. The number of anilines is 1. The lowest BCUT2D eigenvalue weighted by molar-refractivity contribution is 0.0940. The number of sulfonamides is 1. The third kappa shape index (κ3) is 5.44. The average Bonchev–Trinajstić information content (AvgIpc) is 3.41. The van der Waals surface area contributed by atoms with Gasteiger partial charge in [0, 0.05) is 5.56 Å². The predicted octanol–water partition coefficient (Wildman–Crippen LogP) is 6.06. The van der Waals surface area contributed by atoms with Crippen LogP contribution >= 0.6 is 0 Å². The van der Waals surface area contributed by atoms with E-state index in [-0.39, 0.29) is 23.4 Å². The Kier molecular flexibility index (Phi) is 7.10. The number of carbonyl (C=O) groups excluding carboxylic acids is 1. The van der Waals surface area contributed by atoms with E-state index in [2.05, 4.69) is 23.5 Å². The lowest BCUT2D eigenvalue weighted by Gasteiger charge is -2.25. The summed E-state index contributed by atoms with van der Waals surface area (Å²) in [5, 5.41) is 3.09. The highest BCUT2D eigenvalue weighted by molar-refractivity contribution is 7.92. The Hall–Kier alpha value is -3.90. The molecule has 0 spiro atoms. The second kappa shape index (κ2) is 10.6. The summed E-state index contributed by atoms with van der Waals surface area (Å²) in [6.07, 6.45) is 3.43. The SMILES string of the molecule is CC(NC(=O)c1ccc(CN(c2ccccc2)S(=O)(=O)c2ccccc2)cc1)c1ccc2c(c1)CCC2. The zero-order valence-electron chi connectivity index (χ0n) is 20.8. The molecule has 1 N–H and O–H groups in total. The largest absolute Gasteiger partial charge is 0.346 e. The summed E-state index contributed by atoms with van der Waals surface area (Å²) >= 11 is 0. The van der Waals surface area contributed by atoms with E-state index in [4.69, 9.17) is 0 Å². The smallest absolute Gasteiger partial charge is 0.264 e. The Balaban J connectivity index is 1.32. The maximum absolute atomic E-state index is 13.5. The maximum Gasteiger partial charge on any atom is 0.264 e. The second-order valence-corrected chi connectivity index (χ2v) is 11.3. The van der Waals surface area contributed by atoms with Gasteiger partial charge in [-0.1, -0.05) is 66.7 Å². The van der Waals surface area contributed by atoms with Crippen LogP contribution in [0.4, 0.5) is 5.69 Å². The number of rotatable bonds is 8. The summed E-state index contributed by atoms with van der Waals surface area (Å²) in [4.78, 5) is 13.2. The third-order valence-electron chi connectivity index (χ3n) is 6.89. The maximum atomic E-state index is 13.5. The van der Waals surface area contributed by atoms with Gasteiger partial charge in [-0.15, -0.1) is 0 Å². The van der Waals surface area contributed by atoms with Crippen LogP contribution in [0, 0.1) is 0 Å². The Morgan fingerprint density at radius 1 is 0.838 bits per heavy atom. The molecule has 188 valence electrons. The van der Waals surface area contributed by atoms with Gasteiger partial charge in [-0.25, -0.2) is 8.42 Å². The van der Waals surface area contributed by atoms with Crippen molar-refractivity contribution in [1.82, 2.24) is 5.32 Å². The third-order valence-corrected chi connectivity index (χ3v) is 8.68. The number of aryl methyl sites for hydroxylation is 2. The van der Waals surface area contributed by atoms with Crippen molar-refractivity contribution in [3.05, 3.63) is 131 Å². The molecule has 4 aromatic carbocycles. The number of fused-ring (bicyclic) bond motifs is 1. The van der Waals surface area contributed by atoms with Crippen LogP contribution in [0.5, 0.6) is 0 Å². The molecule has 0 fully saturated rings. The first-order valence-corrected chi connectivity index (χ1v) is 14.0. The molecule has 1 aliphatic rings. The van der Waals surface area contributed by atoms with Crippen LogP contribution in [0.1, 0.15) is 52.0 Å². The summed E-state index contributed by atoms with van der Waals surface area (Å²) in [5.74, 6) is -0.156. The van der Waals surface area contributed by atoms with Gasteiger partial charge in [0.25, 0.3) is 15.9 Å². The molecular weight excluding hydrogens is 480 g/mol. The van der Waals surface area contributed by atoms with E-state index in [0.717, 1.165) is 24.0 Å². The van der Waals surface area contributed by atoms with E-state index >= 15 is 0 Å². The standard InChI is InChI=1S/C31H30N2O3S/c1-23(27-20-19-25-9-8-10-28(25)21-27)32-31(34)26-17-15-24(16-18-26)22-33(29-11-4-2-5-12-29)37(35,36)30-13-6-3-7-14-30/h2-7,11-21,23H,8-10,22H2,1H3,(H,32,34). The van der Waals surface area contributed by atoms with Crippen molar-refractivity contribution in [2.45, 2.75) is 43.7 Å². The van der Waals surface area contributed by atoms with Crippen LogP contribution in [0.3, 0.4) is 0 Å². The van der Waals surface area contributed by atoms with Gasteiger partial charge in [0.2, 0.25) is 0 Å². The number of para-hydroxylation sites is 1. The summed E-state index contributed by atoms with van der Waals surface area (Å²) in [5.41, 5.74) is 5.81. The molecule has 1 aliphatic carbocycles. The van der Waals surface area contributed by atoms with Gasteiger partial charge in [0.15, 0.2) is 0 Å². The normalized spacial score (nSPS) is 13.5. The summed E-state index contributed by atoms with van der Waals surface area (Å²) < 4.78 is 28.4. The average molecular weight is 511 g/mol. The van der Waals surface area contributed by atoms with Crippen molar-refractivity contribution in [3.8, 4) is 0 Å². The quantitative estimate of drug-likeness (QED) is 0.313. The number of hydrogen-bond donors (Lipinski definition) is 1. The van der Waals surface area contributed by atoms with Gasteiger partial charge >= 0.3 is 0 Å². The van der Waals surface area contributed by atoms with Crippen molar-refractivity contribution >= 4 is 21.6 Å². The highest BCUT2D eigenvalue weighted by Gasteiger charge is 2.25. The van der Waals surface area contributed by atoms with E-state index in [1.165, 1.54) is 21.9 Å². The van der Waals surface area contributed by atoms with Crippen LogP contribution in [-0.4, -0.2) is 14.3 Å². The zero-order valence-corrected chi connectivity index (χ0v) is 21.6. The Morgan fingerprint density at radius 2 is 1.49 bits per heavy atom. The molecule has 0 radical (unpaired) electrons. The lowest BCUT2D eigenvalue weighted by atomic mass is 10.0. The molecule has 1 amide bonds. The molecule has 1 unspecified atom stereocenters. The van der Waals surface area contributed by atoms with Gasteiger partial charge in [-0.05, 0) is 84.8 Å². The van der Waals surface area contributed by atoms with Crippen molar-refractivity contribution < 1.29 is 13.2 Å². The molecular formula is C31H30N2O3S. The van der Waals surface area contributed by atoms with Crippen LogP contribution in [-0.2, 0) is 29.4 Å². The number of hydrogen-bond acceptors (Lipinski definition) is 3. The molecule has 0 bridgehead atoms. The fraction of sp³-hybridized carbons (Fsp3) is 0.194. The molecule has 0 aliphatic heterocycles. The Morgan fingerprint density at radius 3 is 2.19 bits per heavy atom. The summed E-state index contributed by atoms with van der Waals surface area (Å²) in [6, 6.07) is 31.0. The van der Waals surface area contributed by atoms with Gasteiger partial charge in [0.1, 0.15) is 0 Å². The minimum absolute atomic E-state index is 0.109. The van der Waals surface area contributed by atoms with Gasteiger partial charge in [-0.3, -0.25) is 9.10 Å². The Bertz CT molecular complexity index is 1480. The molecule has 5 nitrogen and oxygen atoms in total. The van der Waals surface area contributed by atoms with Crippen LogP contribution < -0.4 is 9.62 Å². The van der Waals surface area contributed by atoms with Gasteiger partial charge < -0.3 is 5.32 Å². The van der Waals surface area contributed by atoms with Crippen LogP contribution in [0.25, 0.3) is 0 Å². The molecule has 5 rings (SSSR count). The molecule has 0 aromatic heterocycles. The number of amides is 1. The van der Waals surface area contributed by atoms with Crippen molar-refractivity contribution in [1.29, 1.82) is 0 Å². The van der Waals surface area contributed by atoms with E-state index in [0.29, 0.717) is 11.3 Å². The van der Waals surface area contributed by atoms with E-state index < -0.39 is 10.0 Å². The zero-order chi connectivity index (χ0) is 25.8. The molecule has 1 atom stereocenters. The summed E-state index contributed by atoms with van der Waals surface area (Å²) in [7, 11) is -3.78. The number of nitrogens with zero attached hydrogens (tertiary/aromatic N) is 1. The minimum atomic E-state index is -3.78. The van der Waals surface area contributed by atoms with Gasteiger partial charge in [0.05, 0.1) is 23.2 Å². The van der Waals surface area contributed by atoms with Crippen LogP contribution in [0.2, 0.25) is 0 Å². The molecule has 0 heterocycles. The first-order valence-electron chi connectivity index (χ1n) is 12.6. The fourth-order valence-electron chi connectivity index (χ4n) is 4.78. The molecule has 6 heteroatoms. The first kappa shape index (κ1) is 24.8. The summed E-state index contributed by atoms with van der Waals surface area (Å²) in [6.45, 7) is 2.14. The van der Waals surface area contributed by atoms with E-state index in [9.17, 15) is 13.2 Å². The van der Waals surface area contributed by atoms with Crippen molar-refractivity contribution in [3.63, 3.8) is 0 Å². The number of carbonyl (C=O) groups is 1. The number of nitrogens with one attached hydrogen (secondary N) is 1. The van der Waals surface area contributed by atoms with Gasteiger partial charge in [-0.2, -0.15) is 0 Å². The van der Waals surface area contributed by atoms with E-state index in [1.54, 1.807) is 54.6 Å². The van der Waals surface area contributed by atoms with E-state index in [1.807, 2.05) is 37.3 Å². The molecule has 37 heavy (non-hydrogen) atoms. The fourth-order valence-corrected chi connectivity index (χ4v) is 6.25. The van der Waals surface area contributed by atoms with Crippen molar-refractivity contribution in [2.24, 2.45) is 0 Å². The first-order chi connectivity index (χ1) is 17.9. The highest BCUT2D eigenvalue weighted by Crippen LogP contribution is 2.27. The second-order valence-electron chi connectivity index (χ2n) is 9.43. The molecule has 0 saturated carbocycles. The minimum Gasteiger partial charge on any atom is -0.346 e. The monoisotopic (exact) mass is 510 g/mol. The Labute approximate surface area is 218 Å². The predicted molar refractivity (Wildman–Crippen MR) is 147 cm³/mol. The number of benzene rings is 4. The topological polar surface area (TPSA) is 66.5 Å². The molecule has 0 saturated heterocycles.